The summed E-state index contributed by atoms with van der Waals surface area (Å²) in [5.74, 6) is -1.51. The largest absolute Gasteiger partial charge is 0.324 e. The van der Waals surface area contributed by atoms with Gasteiger partial charge in [0, 0.05) is 11.6 Å². The summed E-state index contributed by atoms with van der Waals surface area (Å²) in [6, 6.07) is 3.00. The summed E-state index contributed by atoms with van der Waals surface area (Å²) in [7, 11) is 0. The minimum absolute atomic E-state index is 0.0351. The predicted molar refractivity (Wildman–Crippen MR) is 48.3 cm³/mol. The number of benzene rings is 1. The molecule has 0 radical (unpaired) electrons. The van der Waals surface area contributed by atoms with E-state index in [-0.39, 0.29) is 11.1 Å². The molecular weight excluding hydrogens is 186 g/mol. The Balaban J connectivity index is 3.26. The molecule has 4 heteroatoms. The number of hydrogen-bond donors (Lipinski definition) is 1. The Kier molecular flexibility index (Phi) is 3.15. The summed E-state index contributed by atoms with van der Waals surface area (Å²) in [6.45, 7) is 1.74. The fourth-order valence-corrected chi connectivity index (χ4v) is 1.21. The second-order valence-corrected chi connectivity index (χ2v) is 2.98. The van der Waals surface area contributed by atoms with Gasteiger partial charge in [0.1, 0.15) is 11.6 Å². The Morgan fingerprint density at radius 3 is 2.29 bits per heavy atom. The average molecular weight is 196 g/mol. The minimum atomic E-state index is -0.754. The van der Waals surface area contributed by atoms with Crippen LogP contribution >= 0.6 is 0 Å². The summed E-state index contributed by atoms with van der Waals surface area (Å²) in [5, 5.41) is 8.46. The molecule has 1 rings (SSSR count). The predicted octanol–water partition coefficient (Wildman–Crippen LogP) is 2.25. The van der Waals surface area contributed by atoms with Crippen LogP contribution in [0.2, 0.25) is 0 Å². The molecule has 1 unspecified atom stereocenters. The van der Waals surface area contributed by atoms with Gasteiger partial charge in [0.25, 0.3) is 0 Å². The molecule has 0 fully saturated rings. The number of nitrogens with zero attached hydrogens (tertiary/aromatic N) is 1. The minimum Gasteiger partial charge on any atom is -0.324 e. The van der Waals surface area contributed by atoms with Crippen LogP contribution in [0.15, 0.2) is 12.1 Å². The van der Waals surface area contributed by atoms with Crippen LogP contribution in [-0.2, 0) is 0 Å². The van der Waals surface area contributed by atoms with Crippen molar-refractivity contribution in [3.8, 4) is 6.07 Å². The van der Waals surface area contributed by atoms with Gasteiger partial charge in [-0.25, -0.2) is 8.78 Å². The van der Waals surface area contributed by atoms with E-state index in [9.17, 15) is 8.78 Å². The van der Waals surface area contributed by atoms with E-state index in [4.69, 9.17) is 11.0 Å². The first-order chi connectivity index (χ1) is 6.60. The Morgan fingerprint density at radius 1 is 1.43 bits per heavy atom. The van der Waals surface area contributed by atoms with Crippen LogP contribution < -0.4 is 5.73 Å². The van der Waals surface area contributed by atoms with Gasteiger partial charge in [-0.3, -0.25) is 0 Å². The van der Waals surface area contributed by atoms with Crippen LogP contribution in [0.1, 0.15) is 30.5 Å². The highest BCUT2D eigenvalue weighted by atomic mass is 19.1. The average Bonchev–Trinajstić information content (AvgIpc) is 2.16. The van der Waals surface area contributed by atoms with E-state index < -0.39 is 17.7 Å². The van der Waals surface area contributed by atoms with Gasteiger partial charge in [-0.05, 0) is 18.6 Å². The smallest absolute Gasteiger partial charge is 0.132 e. The molecule has 0 saturated carbocycles. The highest BCUT2D eigenvalue weighted by molar-refractivity contribution is 5.35. The topological polar surface area (TPSA) is 49.8 Å². The molecule has 0 aliphatic heterocycles. The van der Waals surface area contributed by atoms with E-state index in [1.54, 1.807) is 13.0 Å². The molecule has 0 saturated heterocycles. The third-order valence-corrected chi connectivity index (χ3v) is 2.02. The first-order valence-electron chi connectivity index (χ1n) is 4.24. The Bertz CT molecular complexity index is 359. The zero-order chi connectivity index (χ0) is 10.7. The fourth-order valence-electron chi connectivity index (χ4n) is 1.21. The maximum Gasteiger partial charge on any atom is 0.132 e. The second kappa shape index (κ2) is 4.16. The lowest BCUT2D eigenvalue weighted by atomic mass is 10.0. The first kappa shape index (κ1) is 10.6. The molecule has 1 aromatic carbocycles. The standard InChI is InChI=1S/C10H10F2N2/c1-2-9(14)10-7(11)3-6(5-13)4-8(10)12/h3-4,9H,2,14H2,1H3. The van der Waals surface area contributed by atoms with Gasteiger partial charge in [0.15, 0.2) is 0 Å². The summed E-state index contributed by atoms with van der Waals surface area (Å²) < 4.78 is 26.5. The van der Waals surface area contributed by atoms with E-state index >= 15 is 0 Å². The third kappa shape index (κ3) is 1.88. The van der Waals surface area contributed by atoms with E-state index in [0.717, 1.165) is 12.1 Å². The highest BCUT2D eigenvalue weighted by Crippen LogP contribution is 2.22. The van der Waals surface area contributed by atoms with Gasteiger partial charge in [-0.1, -0.05) is 6.92 Å². The van der Waals surface area contributed by atoms with Crippen molar-refractivity contribution < 1.29 is 8.78 Å². The van der Waals surface area contributed by atoms with Crippen LogP contribution in [0.5, 0.6) is 0 Å². The second-order valence-electron chi connectivity index (χ2n) is 2.98. The number of nitriles is 1. The van der Waals surface area contributed by atoms with E-state index in [1.807, 2.05) is 0 Å². The van der Waals surface area contributed by atoms with Crippen LogP contribution in [0.4, 0.5) is 8.78 Å². The highest BCUT2D eigenvalue weighted by Gasteiger charge is 2.16. The molecule has 1 atom stereocenters. The van der Waals surface area contributed by atoms with Crippen LogP contribution in [-0.4, -0.2) is 0 Å². The van der Waals surface area contributed by atoms with Crippen molar-refractivity contribution in [1.29, 1.82) is 5.26 Å². The summed E-state index contributed by atoms with van der Waals surface area (Å²) in [5.41, 5.74) is 5.34. The van der Waals surface area contributed by atoms with Crippen molar-refractivity contribution in [3.05, 3.63) is 34.9 Å². The van der Waals surface area contributed by atoms with Crippen molar-refractivity contribution in [2.45, 2.75) is 19.4 Å². The van der Waals surface area contributed by atoms with Crippen LogP contribution in [0.25, 0.3) is 0 Å². The Hall–Kier alpha value is -1.47. The maximum atomic E-state index is 13.3. The van der Waals surface area contributed by atoms with E-state index in [1.165, 1.54) is 0 Å². The zero-order valence-corrected chi connectivity index (χ0v) is 7.72. The van der Waals surface area contributed by atoms with Gasteiger partial charge < -0.3 is 5.73 Å². The van der Waals surface area contributed by atoms with Crippen molar-refractivity contribution in [2.75, 3.05) is 0 Å². The van der Waals surface area contributed by atoms with Crippen molar-refractivity contribution >= 4 is 0 Å². The quantitative estimate of drug-likeness (QED) is 0.788. The lowest BCUT2D eigenvalue weighted by Gasteiger charge is -2.11. The molecule has 2 N–H and O–H groups in total. The summed E-state index contributed by atoms with van der Waals surface area (Å²) in [6.07, 6.45) is 0.444. The molecule has 14 heavy (non-hydrogen) atoms. The molecule has 0 aromatic heterocycles. The van der Waals surface area contributed by atoms with Crippen LogP contribution in [0.3, 0.4) is 0 Å². The third-order valence-electron chi connectivity index (χ3n) is 2.02. The van der Waals surface area contributed by atoms with Gasteiger partial charge >= 0.3 is 0 Å². The molecule has 0 amide bonds. The molecule has 0 bridgehead atoms. The summed E-state index contributed by atoms with van der Waals surface area (Å²) in [4.78, 5) is 0. The van der Waals surface area contributed by atoms with Gasteiger partial charge in [0.2, 0.25) is 0 Å². The SMILES string of the molecule is CCC(N)c1c(F)cc(C#N)cc1F. The van der Waals surface area contributed by atoms with Crippen molar-refractivity contribution in [2.24, 2.45) is 5.73 Å². The molecule has 0 spiro atoms. The van der Waals surface area contributed by atoms with Crippen molar-refractivity contribution in [3.63, 3.8) is 0 Å². The first-order valence-corrected chi connectivity index (χ1v) is 4.24. The summed E-state index contributed by atoms with van der Waals surface area (Å²) >= 11 is 0. The number of nitrogens with two attached hydrogens (primary N) is 1. The van der Waals surface area contributed by atoms with Gasteiger partial charge in [-0.15, -0.1) is 0 Å². The van der Waals surface area contributed by atoms with Gasteiger partial charge in [-0.2, -0.15) is 5.26 Å². The normalized spacial score (nSPS) is 12.2. The Morgan fingerprint density at radius 2 is 1.93 bits per heavy atom. The Labute approximate surface area is 81.0 Å². The van der Waals surface area contributed by atoms with Crippen LogP contribution in [0, 0.1) is 23.0 Å². The zero-order valence-electron chi connectivity index (χ0n) is 7.72. The lowest BCUT2D eigenvalue weighted by Crippen LogP contribution is -2.13. The molecular formula is C10H10F2N2. The molecule has 1 aromatic rings. The molecule has 2 nitrogen and oxygen atoms in total. The van der Waals surface area contributed by atoms with Gasteiger partial charge in [0.05, 0.1) is 11.6 Å². The molecule has 0 aliphatic carbocycles. The monoisotopic (exact) mass is 196 g/mol. The van der Waals surface area contributed by atoms with E-state index in [2.05, 4.69) is 0 Å². The van der Waals surface area contributed by atoms with E-state index in [0.29, 0.717) is 6.42 Å². The number of hydrogen-bond acceptors (Lipinski definition) is 2. The number of halogens is 2. The molecule has 0 heterocycles. The lowest BCUT2D eigenvalue weighted by molar-refractivity contribution is 0.520. The number of rotatable bonds is 2. The molecule has 0 aliphatic rings. The maximum absolute atomic E-state index is 13.3. The van der Waals surface area contributed by atoms with Crippen molar-refractivity contribution in [1.82, 2.24) is 0 Å². The molecule has 74 valence electrons. The fraction of sp³-hybridized carbons (Fsp3) is 0.300.